The van der Waals surface area contributed by atoms with E-state index in [2.05, 4.69) is 36.1 Å². The third-order valence-electron chi connectivity index (χ3n) is 4.01. The van der Waals surface area contributed by atoms with E-state index < -0.39 is 0 Å². The summed E-state index contributed by atoms with van der Waals surface area (Å²) in [5, 5.41) is 2.40. The van der Waals surface area contributed by atoms with E-state index in [4.69, 9.17) is 14.2 Å². The van der Waals surface area contributed by atoms with Gasteiger partial charge in [-0.05, 0) is 52.8 Å². The zero-order valence-electron chi connectivity index (χ0n) is 15.1. The molecule has 0 spiro atoms. The SMILES string of the molecule is COc1cc(/C=C\C#Cc2ccc3ccccc3c2)cc(OC)c1OC. The van der Waals surface area contributed by atoms with Crippen LogP contribution in [0.2, 0.25) is 0 Å². The molecule has 0 radical (unpaired) electrons. The van der Waals surface area contributed by atoms with Crippen molar-refractivity contribution in [3.63, 3.8) is 0 Å². The number of ether oxygens (including phenoxy) is 3. The van der Waals surface area contributed by atoms with Crippen LogP contribution in [0.3, 0.4) is 0 Å². The Bertz CT molecular complexity index is 982. The lowest BCUT2D eigenvalue weighted by Crippen LogP contribution is -1.95. The normalized spacial score (nSPS) is 10.4. The third kappa shape index (κ3) is 3.81. The smallest absolute Gasteiger partial charge is 0.203 e. The Morgan fingerprint density at radius 1 is 0.769 bits per heavy atom. The first kappa shape index (κ1) is 17.4. The van der Waals surface area contributed by atoms with Crippen LogP contribution in [0, 0.1) is 11.8 Å². The Morgan fingerprint density at radius 2 is 1.46 bits per heavy atom. The number of benzene rings is 3. The van der Waals surface area contributed by atoms with E-state index in [0.717, 1.165) is 11.1 Å². The molecule has 0 aromatic heterocycles. The predicted octanol–water partition coefficient (Wildman–Crippen LogP) is 4.93. The molecule has 3 aromatic rings. The Morgan fingerprint density at radius 3 is 2.12 bits per heavy atom. The highest BCUT2D eigenvalue weighted by Crippen LogP contribution is 2.38. The van der Waals surface area contributed by atoms with Crippen molar-refractivity contribution in [2.24, 2.45) is 0 Å². The number of rotatable bonds is 4. The molecule has 0 amide bonds. The van der Waals surface area contributed by atoms with Gasteiger partial charge in [0.05, 0.1) is 21.3 Å². The summed E-state index contributed by atoms with van der Waals surface area (Å²) in [7, 11) is 4.79. The molecule has 0 aliphatic carbocycles. The minimum absolute atomic E-state index is 0.578. The molecule has 3 nitrogen and oxygen atoms in total. The molecular weight excluding hydrogens is 324 g/mol. The Hall–Kier alpha value is -3.38. The number of allylic oxidation sites excluding steroid dienone is 1. The van der Waals surface area contributed by atoms with E-state index in [1.54, 1.807) is 21.3 Å². The fraction of sp³-hybridized carbons (Fsp3) is 0.130. The molecule has 0 aliphatic heterocycles. The molecule has 0 bridgehead atoms. The van der Waals surface area contributed by atoms with Crippen LogP contribution in [0.15, 0.2) is 60.7 Å². The van der Waals surface area contributed by atoms with Gasteiger partial charge in [0.2, 0.25) is 5.75 Å². The second kappa shape index (κ2) is 8.13. The van der Waals surface area contributed by atoms with E-state index in [9.17, 15) is 0 Å². The van der Waals surface area contributed by atoms with Gasteiger partial charge in [-0.1, -0.05) is 42.2 Å². The molecule has 0 N–H and O–H groups in total. The van der Waals surface area contributed by atoms with Crippen molar-refractivity contribution in [3.8, 4) is 29.1 Å². The van der Waals surface area contributed by atoms with Crippen LogP contribution in [-0.4, -0.2) is 21.3 Å². The number of fused-ring (bicyclic) bond motifs is 1. The first-order valence-corrected chi connectivity index (χ1v) is 8.22. The summed E-state index contributed by atoms with van der Waals surface area (Å²) in [5.74, 6) is 8.05. The minimum atomic E-state index is 0.578. The second-order valence-electron chi connectivity index (χ2n) is 5.62. The zero-order valence-corrected chi connectivity index (χ0v) is 15.1. The molecular formula is C23H20O3. The average Bonchev–Trinajstić information content (AvgIpc) is 2.70. The molecule has 3 aromatic carbocycles. The van der Waals surface area contributed by atoms with Gasteiger partial charge in [0.15, 0.2) is 11.5 Å². The zero-order chi connectivity index (χ0) is 18.4. The molecule has 0 unspecified atom stereocenters. The van der Waals surface area contributed by atoms with E-state index in [0.29, 0.717) is 17.2 Å². The lowest BCUT2D eigenvalue weighted by atomic mass is 10.1. The molecule has 26 heavy (non-hydrogen) atoms. The van der Waals surface area contributed by atoms with Gasteiger partial charge in [0, 0.05) is 5.56 Å². The van der Waals surface area contributed by atoms with Crippen molar-refractivity contribution in [2.45, 2.75) is 0 Å². The van der Waals surface area contributed by atoms with Gasteiger partial charge in [0.25, 0.3) is 0 Å². The standard InChI is InChI=1S/C23H20O3/c1-24-21-15-18(16-22(25-2)23(21)26-3)9-5-4-8-17-12-13-19-10-6-7-11-20(19)14-17/h5-7,9-16H,1-3H3/b9-5-. The third-order valence-corrected chi connectivity index (χ3v) is 4.01. The number of hydrogen-bond acceptors (Lipinski definition) is 3. The summed E-state index contributed by atoms with van der Waals surface area (Å²) < 4.78 is 16.1. The molecule has 0 saturated heterocycles. The molecule has 130 valence electrons. The van der Waals surface area contributed by atoms with Gasteiger partial charge in [-0.25, -0.2) is 0 Å². The first-order chi connectivity index (χ1) is 12.7. The van der Waals surface area contributed by atoms with Gasteiger partial charge in [-0.2, -0.15) is 0 Å². The highest BCUT2D eigenvalue weighted by Gasteiger charge is 2.11. The molecule has 0 saturated carbocycles. The van der Waals surface area contributed by atoms with Crippen LogP contribution in [0.5, 0.6) is 17.2 Å². The lowest BCUT2D eigenvalue weighted by molar-refractivity contribution is 0.324. The Balaban J connectivity index is 1.83. The van der Waals surface area contributed by atoms with Crippen LogP contribution in [0.1, 0.15) is 11.1 Å². The van der Waals surface area contributed by atoms with Crippen LogP contribution in [-0.2, 0) is 0 Å². The summed E-state index contributed by atoms with van der Waals surface area (Å²) in [6.45, 7) is 0. The van der Waals surface area contributed by atoms with Crippen molar-refractivity contribution in [1.29, 1.82) is 0 Å². The largest absolute Gasteiger partial charge is 0.493 e. The van der Waals surface area contributed by atoms with Crippen molar-refractivity contribution in [1.82, 2.24) is 0 Å². The summed E-state index contributed by atoms with van der Waals surface area (Å²) in [5.41, 5.74) is 1.91. The van der Waals surface area contributed by atoms with E-state index in [-0.39, 0.29) is 0 Å². The Kier molecular flexibility index (Phi) is 5.46. The van der Waals surface area contributed by atoms with Gasteiger partial charge in [0.1, 0.15) is 0 Å². The van der Waals surface area contributed by atoms with E-state index in [1.165, 1.54) is 10.8 Å². The first-order valence-electron chi connectivity index (χ1n) is 8.22. The predicted molar refractivity (Wildman–Crippen MR) is 106 cm³/mol. The summed E-state index contributed by atoms with van der Waals surface area (Å²) in [6, 6.07) is 18.2. The lowest BCUT2D eigenvalue weighted by Gasteiger charge is -2.12. The van der Waals surface area contributed by atoms with E-state index >= 15 is 0 Å². The van der Waals surface area contributed by atoms with Crippen LogP contribution in [0.25, 0.3) is 16.8 Å². The van der Waals surface area contributed by atoms with Crippen molar-refractivity contribution in [3.05, 3.63) is 71.8 Å². The van der Waals surface area contributed by atoms with Crippen molar-refractivity contribution < 1.29 is 14.2 Å². The van der Waals surface area contributed by atoms with Crippen molar-refractivity contribution >= 4 is 16.8 Å². The highest BCUT2D eigenvalue weighted by atomic mass is 16.5. The maximum atomic E-state index is 5.36. The van der Waals surface area contributed by atoms with Gasteiger partial charge in [-0.15, -0.1) is 0 Å². The molecule has 0 aliphatic rings. The van der Waals surface area contributed by atoms with Gasteiger partial charge < -0.3 is 14.2 Å². The summed E-state index contributed by atoms with van der Waals surface area (Å²) in [6.07, 6.45) is 3.73. The van der Waals surface area contributed by atoms with Crippen LogP contribution in [0.4, 0.5) is 0 Å². The summed E-state index contributed by atoms with van der Waals surface area (Å²) >= 11 is 0. The maximum absolute atomic E-state index is 5.36. The van der Waals surface area contributed by atoms with Gasteiger partial charge in [-0.3, -0.25) is 0 Å². The minimum Gasteiger partial charge on any atom is -0.493 e. The quantitative estimate of drug-likeness (QED) is 0.628. The highest BCUT2D eigenvalue weighted by molar-refractivity contribution is 5.83. The second-order valence-corrected chi connectivity index (χ2v) is 5.62. The molecule has 0 fully saturated rings. The fourth-order valence-corrected chi connectivity index (χ4v) is 2.73. The topological polar surface area (TPSA) is 27.7 Å². The van der Waals surface area contributed by atoms with Crippen LogP contribution < -0.4 is 14.2 Å². The van der Waals surface area contributed by atoms with Gasteiger partial charge >= 0.3 is 0 Å². The fourth-order valence-electron chi connectivity index (χ4n) is 2.73. The molecule has 3 rings (SSSR count). The maximum Gasteiger partial charge on any atom is 0.203 e. The number of hydrogen-bond donors (Lipinski definition) is 0. The van der Waals surface area contributed by atoms with Crippen molar-refractivity contribution in [2.75, 3.05) is 21.3 Å². The van der Waals surface area contributed by atoms with Crippen LogP contribution >= 0.6 is 0 Å². The molecule has 0 atom stereocenters. The van der Waals surface area contributed by atoms with E-state index in [1.807, 2.05) is 42.5 Å². The summed E-state index contributed by atoms with van der Waals surface area (Å²) in [4.78, 5) is 0. The number of methoxy groups -OCH3 is 3. The Labute approximate surface area is 153 Å². The molecule has 0 heterocycles. The monoisotopic (exact) mass is 344 g/mol. The molecule has 3 heteroatoms. The average molecular weight is 344 g/mol.